The van der Waals surface area contributed by atoms with Crippen molar-refractivity contribution < 1.29 is 9.53 Å². The maximum atomic E-state index is 12.2. The molecular formula is C17H19N3O2S. The molecule has 0 aliphatic carbocycles. The first-order chi connectivity index (χ1) is 11.3. The van der Waals surface area contributed by atoms with Gasteiger partial charge in [0.1, 0.15) is 5.75 Å². The number of rotatable bonds is 4. The zero-order valence-corrected chi connectivity index (χ0v) is 13.8. The Labute approximate surface area is 139 Å². The number of hydrogen-bond acceptors (Lipinski definition) is 4. The number of thiazole rings is 1. The fraction of sp³-hybridized carbons (Fsp3) is 0.294. The highest BCUT2D eigenvalue weighted by Crippen LogP contribution is 2.24. The van der Waals surface area contributed by atoms with E-state index < -0.39 is 0 Å². The average molecular weight is 329 g/mol. The number of hydrogen-bond donors (Lipinski definition) is 1. The lowest BCUT2D eigenvalue weighted by Gasteiger charge is -2.26. The van der Waals surface area contributed by atoms with Crippen LogP contribution in [0.4, 0.5) is 4.79 Å². The lowest BCUT2D eigenvalue weighted by molar-refractivity contribution is 0.202. The highest BCUT2D eigenvalue weighted by molar-refractivity contribution is 7.07. The van der Waals surface area contributed by atoms with E-state index in [9.17, 15) is 4.79 Å². The summed E-state index contributed by atoms with van der Waals surface area (Å²) >= 11 is 1.53. The first-order valence-corrected chi connectivity index (χ1v) is 8.44. The number of carbonyl (C=O) groups excluding carboxylic acids is 1. The molecule has 0 radical (unpaired) electrons. The number of benzene rings is 1. The Bertz CT molecular complexity index is 680. The van der Waals surface area contributed by atoms with Crippen molar-refractivity contribution in [3.63, 3.8) is 0 Å². The van der Waals surface area contributed by atoms with Gasteiger partial charge in [0, 0.05) is 18.5 Å². The molecule has 0 fully saturated rings. The second kappa shape index (κ2) is 7.28. The van der Waals surface area contributed by atoms with Crippen LogP contribution in [0.3, 0.4) is 0 Å². The second-order valence-corrected chi connectivity index (χ2v) is 6.01. The molecule has 1 aliphatic heterocycles. The van der Waals surface area contributed by atoms with Crippen molar-refractivity contribution in [1.82, 2.24) is 15.2 Å². The van der Waals surface area contributed by atoms with Gasteiger partial charge in [-0.05, 0) is 29.7 Å². The SMILES string of the molecule is COc1ccc(C2=CCN(C(=O)NCc3cscn3)CC2)cc1. The lowest BCUT2D eigenvalue weighted by atomic mass is 9.99. The molecule has 1 N–H and O–H groups in total. The first kappa shape index (κ1) is 15.6. The second-order valence-electron chi connectivity index (χ2n) is 5.29. The number of aromatic nitrogens is 1. The lowest BCUT2D eigenvalue weighted by Crippen LogP contribution is -2.41. The smallest absolute Gasteiger partial charge is 0.318 e. The monoisotopic (exact) mass is 329 g/mol. The summed E-state index contributed by atoms with van der Waals surface area (Å²) in [4.78, 5) is 18.1. The van der Waals surface area contributed by atoms with Crippen molar-refractivity contribution >= 4 is 22.9 Å². The molecule has 3 rings (SSSR count). The third kappa shape index (κ3) is 3.90. The molecule has 6 heteroatoms. The number of carbonyl (C=O) groups is 1. The third-order valence-corrected chi connectivity index (χ3v) is 4.50. The number of nitrogens with one attached hydrogen (secondary N) is 1. The van der Waals surface area contributed by atoms with Crippen LogP contribution in [0.1, 0.15) is 17.7 Å². The van der Waals surface area contributed by atoms with E-state index >= 15 is 0 Å². The molecule has 23 heavy (non-hydrogen) atoms. The topological polar surface area (TPSA) is 54.5 Å². The molecular weight excluding hydrogens is 310 g/mol. The van der Waals surface area contributed by atoms with Crippen LogP contribution in [0, 0.1) is 0 Å². The highest BCUT2D eigenvalue weighted by atomic mass is 32.1. The molecule has 0 saturated carbocycles. The highest BCUT2D eigenvalue weighted by Gasteiger charge is 2.17. The van der Waals surface area contributed by atoms with E-state index in [1.807, 2.05) is 22.4 Å². The molecule has 1 aromatic carbocycles. The Morgan fingerprint density at radius 2 is 2.22 bits per heavy atom. The Hall–Kier alpha value is -2.34. The van der Waals surface area contributed by atoms with Gasteiger partial charge in [-0.1, -0.05) is 18.2 Å². The molecule has 0 spiro atoms. The van der Waals surface area contributed by atoms with E-state index in [1.165, 1.54) is 22.5 Å². The van der Waals surface area contributed by atoms with Gasteiger partial charge in [0.15, 0.2) is 0 Å². The maximum Gasteiger partial charge on any atom is 0.318 e. The Balaban J connectivity index is 1.55. The predicted octanol–water partition coefficient (Wildman–Crippen LogP) is 3.15. The van der Waals surface area contributed by atoms with Crippen LogP contribution in [0.25, 0.3) is 5.57 Å². The molecule has 0 atom stereocenters. The molecule has 1 aromatic heterocycles. The van der Waals surface area contributed by atoms with Gasteiger partial charge in [0.05, 0.1) is 24.9 Å². The molecule has 0 unspecified atom stereocenters. The standard InChI is InChI=1S/C17H19N3O2S/c1-22-16-4-2-13(3-5-16)14-6-8-20(9-7-14)17(21)18-10-15-11-23-12-19-15/h2-6,11-12H,7-10H2,1H3,(H,18,21). The van der Waals surface area contributed by atoms with Crippen molar-refractivity contribution in [3.05, 3.63) is 52.5 Å². The summed E-state index contributed by atoms with van der Waals surface area (Å²) < 4.78 is 5.18. The van der Waals surface area contributed by atoms with Crippen molar-refractivity contribution in [2.75, 3.05) is 20.2 Å². The van der Waals surface area contributed by atoms with Crippen LogP contribution >= 0.6 is 11.3 Å². The van der Waals surface area contributed by atoms with E-state index in [2.05, 4.69) is 28.5 Å². The van der Waals surface area contributed by atoms with Crippen LogP contribution in [0.5, 0.6) is 5.75 Å². The number of amides is 2. The number of nitrogens with zero attached hydrogens (tertiary/aromatic N) is 2. The molecule has 0 saturated heterocycles. The Kier molecular flexibility index (Phi) is 4.92. The summed E-state index contributed by atoms with van der Waals surface area (Å²) in [7, 11) is 1.66. The van der Waals surface area contributed by atoms with Crippen LogP contribution in [0.15, 0.2) is 41.2 Å². The van der Waals surface area contributed by atoms with Gasteiger partial charge in [-0.2, -0.15) is 0 Å². The number of methoxy groups -OCH3 is 1. The van der Waals surface area contributed by atoms with Gasteiger partial charge in [-0.3, -0.25) is 0 Å². The quantitative estimate of drug-likeness (QED) is 0.937. The molecule has 5 nitrogen and oxygen atoms in total. The van der Waals surface area contributed by atoms with Gasteiger partial charge in [0.25, 0.3) is 0 Å². The van der Waals surface area contributed by atoms with Gasteiger partial charge in [0.2, 0.25) is 0 Å². The van der Waals surface area contributed by atoms with Gasteiger partial charge < -0.3 is 15.0 Å². The van der Waals surface area contributed by atoms with Crippen molar-refractivity contribution in [2.24, 2.45) is 0 Å². The van der Waals surface area contributed by atoms with Crippen LogP contribution in [0.2, 0.25) is 0 Å². The zero-order valence-electron chi connectivity index (χ0n) is 13.0. The average Bonchev–Trinajstić information content (AvgIpc) is 3.13. The molecule has 2 aromatic rings. The molecule has 0 bridgehead atoms. The summed E-state index contributed by atoms with van der Waals surface area (Å²) in [5.41, 5.74) is 5.13. The Morgan fingerprint density at radius 1 is 1.39 bits per heavy atom. The zero-order chi connectivity index (χ0) is 16.1. The summed E-state index contributed by atoms with van der Waals surface area (Å²) in [5.74, 6) is 0.855. The first-order valence-electron chi connectivity index (χ1n) is 7.49. The van der Waals surface area contributed by atoms with Crippen molar-refractivity contribution in [1.29, 1.82) is 0 Å². The molecule has 120 valence electrons. The van der Waals surface area contributed by atoms with Gasteiger partial charge in [-0.25, -0.2) is 9.78 Å². The summed E-state index contributed by atoms with van der Waals surface area (Å²) in [6.07, 6.45) is 2.98. The summed E-state index contributed by atoms with van der Waals surface area (Å²) in [6, 6.07) is 8.00. The number of ether oxygens (including phenoxy) is 1. The summed E-state index contributed by atoms with van der Waals surface area (Å²) in [6.45, 7) is 1.83. The van der Waals surface area contributed by atoms with Crippen molar-refractivity contribution in [3.8, 4) is 5.75 Å². The minimum atomic E-state index is -0.0389. The van der Waals surface area contributed by atoms with Crippen LogP contribution in [-0.2, 0) is 6.54 Å². The largest absolute Gasteiger partial charge is 0.497 e. The fourth-order valence-corrected chi connectivity index (χ4v) is 3.08. The van der Waals surface area contributed by atoms with E-state index in [4.69, 9.17) is 4.74 Å². The van der Waals surface area contributed by atoms with Crippen LogP contribution in [-0.4, -0.2) is 36.1 Å². The van der Waals surface area contributed by atoms with Crippen molar-refractivity contribution in [2.45, 2.75) is 13.0 Å². The summed E-state index contributed by atoms with van der Waals surface area (Å²) in [5, 5.41) is 4.85. The minimum absolute atomic E-state index is 0.0389. The normalized spacial score (nSPS) is 14.3. The number of urea groups is 1. The molecule has 1 aliphatic rings. The maximum absolute atomic E-state index is 12.2. The van der Waals surface area contributed by atoms with E-state index in [0.717, 1.165) is 24.4 Å². The van der Waals surface area contributed by atoms with Gasteiger partial charge in [-0.15, -0.1) is 11.3 Å². The van der Waals surface area contributed by atoms with Gasteiger partial charge >= 0.3 is 6.03 Å². The minimum Gasteiger partial charge on any atom is -0.497 e. The van der Waals surface area contributed by atoms with E-state index in [0.29, 0.717) is 13.1 Å². The predicted molar refractivity (Wildman–Crippen MR) is 91.5 cm³/mol. The molecule has 2 amide bonds. The Morgan fingerprint density at radius 3 is 2.83 bits per heavy atom. The van der Waals surface area contributed by atoms with E-state index in [-0.39, 0.29) is 6.03 Å². The van der Waals surface area contributed by atoms with Crippen LogP contribution < -0.4 is 10.1 Å². The van der Waals surface area contributed by atoms with E-state index in [1.54, 1.807) is 12.6 Å². The third-order valence-electron chi connectivity index (χ3n) is 3.86. The molecule has 2 heterocycles. The fourth-order valence-electron chi connectivity index (χ4n) is 2.52.